The van der Waals surface area contributed by atoms with Gasteiger partial charge in [-0.3, -0.25) is 4.79 Å². The lowest BCUT2D eigenvalue weighted by Crippen LogP contribution is -2.14. The van der Waals surface area contributed by atoms with E-state index in [2.05, 4.69) is 11.2 Å². The second-order valence-electron chi connectivity index (χ2n) is 5.49. The molecule has 1 aromatic heterocycles. The summed E-state index contributed by atoms with van der Waals surface area (Å²) in [6.45, 7) is 5.92. The number of hydrogen-bond acceptors (Lipinski definition) is 3. The summed E-state index contributed by atoms with van der Waals surface area (Å²) < 4.78 is 1.52. The molecule has 5 heteroatoms. The Balaban J connectivity index is 2.60. The molecular formula is C15H14ClN3O. The molecule has 20 heavy (non-hydrogen) atoms. The zero-order valence-electron chi connectivity index (χ0n) is 11.5. The Labute approximate surface area is 122 Å². The Morgan fingerprint density at radius 3 is 2.30 bits per heavy atom. The first kappa shape index (κ1) is 14.3. The number of nitrogens with zero attached hydrogens (tertiary/aromatic N) is 3. The Kier molecular flexibility index (Phi) is 3.65. The lowest BCUT2D eigenvalue weighted by Gasteiger charge is -2.15. The molecule has 0 atom stereocenters. The molecule has 102 valence electrons. The molecule has 0 unspecified atom stereocenters. The van der Waals surface area contributed by atoms with Gasteiger partial charge in [-0.2, -0.15) is 10.4 Å². The average molecular weight is 288 g/mol. The molecule has 0 saturated carbocycles. The second kappa shape index (κ2) is 5.10. The van der Waals surface area contributed by atoms with Crippen LogP contribution in [-0.4, -0.2) is 16.1 Å². The summed E-state index contributed by atoms with van der Waals surface area (Å²) in [6, 6.07) is 8.92. The van der Waals surface area contributed by atoms with Gasteiger partial charge in [-0.25, -0.2) is 4.68 Å². The highest BCUT2D eigenvalue weighted by molar-refractivity contribution is 6.32. The Morgan fingerprint density at radius 2 is 1.90 bits per heavy atom. The SMILES string of the molecule is CC(C)(C)c1nn(-c2ccc(C#N)cc2)c(Cl)c1C=O. The van der Waals surface area contributed by atoms with Crippen LogP contribution in [0.4, 0.5) is 0 Å². The highest BCUT2D eigenvalue weighted by Crippen LogP contribution is 2.30. The van der Waals surface area contributed by atoms with Crippen molar-refractivity contribution < 1.29 is 4.79 Å². The van der Waals surface area contributed by atoms with E-state index in [-0.39, 0.29) is 10.6 Å². The minimum absolute atomic E-state index is 0.280. The molecule has 0 aliphatic rings. The third kappa shape index (κ3) is 2.45. The van der Waals surface area contributed by atoms with Gasteiger partial charge in [0.25, 0.3) is 0 Å². The van der Waals surface area contributed by atoms with Crippen LogP contribution in [0.2, 0.25) is 5.15 Å². The van der Waals surface area contributed by atoms with E-state index in [1.165, 1.54) is 4.68 Å². The molecule has 4 nitrogen and oxygen atoms in total. The fourth-order valence-corrected chi connectivity index (χ4v) is 2.19. The molecule has 0 bridgehead atoms. The average Bonchev–Trinajstić information content (AvgIpc) is 2.76. The van der Waals surface area contributed by atoms with Crippen molar-refractivity contribution in [3.05, 3.63) is 46.2 Å². The third-order valence-corrected chi connectivity index (χ3v) is 3.30. The molecule has 1 aromatic carbocycles. The summed E-state index contributed by atoms with van der Waals surface area (Å²) in [6.07, 6.45) is 0.732. The minimum Gasteiger partial charge on any atom is -0.298 e. The number of benzene rings is 1. The maximum Gasteiger partial charge on any atom is 0.155 e. The largest absolute Gasteiger partial charge is 0.298 e. The summed E-state index contributed by atoms with van der Waals surface area (Å²) in [4.78, 5) is 11.3. The van der Waals surface area contributed by atoms with E-state index in [4.69, 9.17) is 16.9 Å². The van der Waals surface area contributed by atoms with Crippen LogP contribution in [-0.2, 0) is 5.41 Å². The summed E-state index contributed by atoms with van der Waals surface area (Å²) in [7, 11) is 0. The number of aldehydes is 1. The Hall–Kier alpha value is -2.12. The van der Waals surface area contributed by atoms with Crippen molar-refractivity contribution in [1.82, 2.24) is 9.78 Å². The van der Waals surface area contributed by atoms with Gasteiger partial charge in [-0.15, -0.1) is 0 Å². The highest BCUT2D eigenvalue weighted by atomic mass is 35.5. The Bertz CT molecular complexity index is 688. The molecule has 2 rings (SSSR count). The zero-order chi connectivity index (χ0) is 14.9. The predicted molar refractivity (Wildman–Crippen MR) is 77.4 cm³/mol. The molecule has 0 aliphatic heterocycles. The molecule has 0 amide bonds. The third-order valence-electron chi connectivity index (χ3n) is 2.93. The number of rotatable bonds is 2. The topological polar surface area (TPSA) is 58.7 Å². The van der Waals surface area contributed by atoms with Crippen LogP contribution in [0, 0.1) is 11.3 Å². The van der Waals surface area contributed by atoms with Crippen molar-refractivity contribution in [1.29, 1.82) is 5.26 Å². The van der Waals surface area contributed by atoms with Gasteiger partial charge in [0.15, 0.2) is 6.29 Å². The molecule has 1 heterocycles. The fraction of sp³-hybridized carbons (Fsp3) is 0.267. The van der Waals surface area contributed by atoms with Crippen molar-refractivity contribution in [3.63, 3.8) is 0 Å². The van der Waals surface area contributed by atoms with Crippen molar-refractivity contribution in [3.8, 4) is 11.8 Å². The number of hydrogen-bond donors (Lipinski definition) is 0. The van der Waals surface area contributed by atoms with E-state index in [0.717, 1.165) is 6.29 Å². The van der Waals surface area contributed by atoms with Gasteiger partial charge < -0.3 is 0 Å². The van der Waals surface area contributed by atoms with Crippen LogP contribution in [0.15, 0.2) is 24.3 Å². The molecule has 0 radical (unpaired) electrons. The van der Waals surface area contributed by atoms with Gasteiger partial charge in [0.2, 0.25) is 0 Å². The minimum atomic E-state index is -0.280. The molecule has 0 N–H and O–H groups in total. The van der Waals surface area contributed by atoms with E-state index in [1.54, 1.807) is 24.3 Å². The van der Waals surface area contributed by atoms with E-state index >= 15 is 0 Å². The van der Waals surface area contributed by atoms with Crippen molar-refractivity contribution in [2.75, 3.05) is 0 Å². The van der Waals surface area contributed by atoms with Crippen LogP contribution in [0.25, 0.3) is 5.69 Å². The van der Waals surface area contributed by atoms with Gasteiger partial charge in [-0.05, 0) is 24.3 Å². The first-order chi connectivity index (χ1) is 9.38. The zero-order valence-corrected chi connectivity index (χ0v) is 12.3. The van der Waals surface area contributed by atoms with Crippen molar-refractivity contribution >= 4 is 17.9 Å². The summed E-state index contributed by atoms with van der Waals surface area (Å²) >= 11 is 6.25. The van der Waals surface area contributed by atoms with Gasteiger partial charge in [0.1, 0.15) is 5.15 Å². The monoisotopic (exact) mass is 287 g/mol. The smallest absolute Gasteiger partial charge is 0.155 e. The van der Waals surface area contributed by atoms with E-state index in [9.17, 15) is 4.79 Å². The first-order valence-electron chi connectivity index (χ1n) is 6.13. The molecule has 0 saturated heterocycles. The standard InChI is InChI=1S/C15H14ClN3O/c1-15(2,3)13-12(9-20)14(16)19(18-13)11-6-4-10(8-17)5-7-11/h4-7,9H,1-3H3. The van der Waals surface area contributed by atoms with E-state index < -0.39 is 0 Å². The molecule has 2 aromatic rings. The summed E-state index contributed by atoms with van der Waals surface area (Å²) in [5.74, 6) is 0. The van der Waals surface area contributed by atoms with Crippen molar-refractivity contribution in [2.24, 2.45) is 0 Å². The normalized spacial score (nSPS) is 11.2. The summed E-state index contributed by atoms with van der Waals surface area (Å²) in [5.41, 5.74) is 2.05. The van der Waals surface area contributed by atoms with Gasteiger partial charge in [-0.1, -0.05) is 32.4 Å². The van der Waals surface area contributed by atoms with Crippen molar-refractivity contribution in [2.45, 2.75) is 26.2 Å². The molecule has 0 aliphatic carbocycles. The fourth-order valence-electron chi connectivity index (χ4n) is 1.92. The quantitative estimate of drug-likeness (QED) is 0.794. The van der Waals surface area contributed by atoms with Crippen LogP contribution in [0.5, 0.6) is 0 Å². The number of halogens is 1. The van der Waals surface area contributed by atoms with Crippen LogP contribution in [0.3, 0.4) is 0 Å². The van der Waals surface area contributed by atoms with Gasteiger partial charge in [0.05, 0.1) is 28.6 Å². The van der Waals surface area contributed by atoms with Crippen LogP contribution >= 0.6 is 11.6 Å². The Morgan fingerprint density at radius 1 is 1.30 bits per heavy atom. The first-order valence-corrected chi connectivity index (χ1v) is 6.51. The van der Waals surface area contributed by atoms with Gasteiger partial charge >= 0.3 is 0 Å². The van der Waals surface area contributed by atoms with E-state index in [1.807, 2.05) is 20.8 Å². The second-order valence-corrected chi connectivity index (χ2v) is 5.85. The maximum atomic E-state index is 11.3. The lowest BCUT2D eigenvalue weighted by molar-refractivity contribution is 0.112. The van der Waals surface area contributed by atoms with Gasteiger partial charge in [0, 0.05) is 5.41 Å². The van der Waals surface area contributed by atoms with Crippen LogP contribution in [0.1, 0.15) is 42.4 Å². The highest BCUT2D eigenvalue weighted by Gasteiger charge is 2.26. The number of carbonyl (C=O) groups is 1. The maximum absolute atomic E-state index is 11.3. The molecular weight excluding hydrogens is 274 g/mol. The molecule has 0 spiro atoms. The predicted octanol–water partition coefficient (Wildman–Crippen LogP) is 3.51. The lowest BCUT2D eigenvalue weighted by atomic mass is 9.90. The van der Waals surface area contributed by atoms with Crippen LogP contribution < -0.4 is 0 Å². The van der Waals surface area contributed by atoms with E-state index in [0.29, 0.717) is 22.5 Å². The number of carbonyl (C=O) groups excluding carboxylic acids is 1. The molecule has 0 fully saturated rings. The number of aromatic nitrogens is 2. The summed E-state index contributed by atoms with van der Waals surface area (Å²) in [5, 5.41) is 13.5. The number of nitriles is 1.